The van der Waals surface area contributed by atoms with Gasteiger partial charge in [-0.3, -0.25) is 0 Å². The number of carbonyl (C=O) groups is 1. The zero-order valence-corrected chi connectivity index (χ0v) is 7.00. The lowest BCUT2D eigenvalue weighted by atomic mass is 10.2. The molecule has 0 spiro atoms. The average Bonchev–Trinajstić information content (AvgIpc) is 2.05. The fourth-order valence-electron chi connectivity index (χ4n) is 0.623. The molecule has 0 rings (SSSR count). The number of hydrogen-bond donors (Lipinski definition) is 0. The van der Waals surface area contributed by atoms with E-state index in [-0.39, 0.29) is 6.73 Å². The molecule has 0 aliphatic heterocycles. The molecule has 0 aliphatic carbocycles. The molecule has 0 aromatic heterocycles. The van der Waals surface area contributed by atoms with Crippen LogP contribution in [-0.2, 0) is 14.3 Å². The Hall–Kier alpha value is -1.41. The maximum absolute atomic E-state index is 10.9. The minimum Gasteiger partial charge on any atom is -0.438 e. The minimum atomic E-state index is -0.504. The number of esters is 1. The molecule has 12 heavy (non-hydrogen) atoms. The number of aliphatic imine (C=N–C) groups is 1. The van der Waals surface area contributed by atoms with Crippen LogP contribution in [0.1, 0.15) is 19.8 Å². The standard InChI is InChI=1S/C8H11NO3/c1-3-4-7(2)8(11)12-6-9-5-10/h2-4,6H2,1H3. The lowest BCUT2D eigenvalue weighted by molar-refractivity contribution is -0.138. The zero-order valence-electron chi connectivity index (χ0n) is 7.00. The second-order valence-electron chi connectivity index (χ2n) is 2.16. The molecule has 0 atom stereocenters. The van der Waals surface area contributed by atoms with E-state index in [1.54, 1.807) is 0 Å². The van der Waals surface area contributed by atoms with Crippen molar-refractivity contribution in [2.24, 2.45) is 4.99 Å². The summed E-state index contributed by atoms with van der Waals surface area (Å²) in [7, 11) is 0. The molecule has 4 nitrogen and oxygen atoms in total. The predicted molar refractivity (Wildman–Crippen MR) is 43.1 cm³/mol. The van der Waals surface area contributed by atoms with Crippen LogP contribution in [0.3, 0.4) is 0 Å². The van der Waals surface area contributed by atoms with Gasteiger partial charge in [0.05, 0.1) is 0 Å². The molecule has 0 fully saturated rings. The smallest absolute Gasteiger partial charge is 0.335 e. The maximum Gasteiger partial charge on any atom is 0.335 e. The van der Waals surface area contributed by atoms with Crippen molar-refractivity contribution in [2.45, 2.75) is 19.8 Å². The molecular weight excluding hydrogens is 158 g/mol. The molecule has 4 heteroatoms. The molecule has 0 aliphatic rings. The van der Waals surface area contributed by atoms with Crippen molar-refractivity contribution in [3.63, 3.8) is 0 Å². The molecule has 0 radical (unpaired) electrons. The van der Waals surface area contributed by atoms with Crippen LogP contribution >= 0.6 is 0 Å². The third-order valence-electron chi connectivity index (χ3n) is 1.17. The van der Waals surface area contributed by atoms with Gasteiger partial charge < -0.3 is 4.74 Å². The Morgan fingerprint density at radius 1 is 1.67 bits per heavy atom. The third kappa shape index (κ3) is 4.41. The van der Waals surface area contributed by atoms with Crippen molar-refractivity contribution in [1.82, 2.24) is 0 Å². The summed E-state index contributed by atoms with van der Waals surface area (Å²) in [4.78, 5) is 23.5. The van der Waals surface area contributed by atoms with E-state index in [4.69, 9.17) is 0 Å². The second-order valence-corrected chi connectivity index (χ2v) is 2.16. The quantitative estimate of drug-likeness (QED) is 0.269. The number of rotatable bonds is 5. The van der Waals surface area contributed by atoms with Gasteiger partial charge in [-0.05, 0) is 6.42 Å². The summed E-state index contributed by atoms with van der Waals surface area (Å²) in [5, 5.41) is 0. The highest BCUT2D eigenvalue weighted by Crippen LogP contribution is 2.03. The molecule has 0 saturated heterocycles. The van der Waals surface area contributed by atoms with E-state index in [1.807, 2.05) is 6.92 Å². The molecule has 0 aromatic carbocycles. The van der Waals surface area contributed by atoms with Gasteiger partial charge >= 0.3 is 5.97 Å². The van der Waals surface area contributed by atoms with Gasteiger partial charge in [-0.2, -0.15) is 4.99 Å². The molecule has 0 bridgehead atoms. The first-order valence-electron chi connectivity index (χ1n) is 3.61. The summed E-state index contributed by atoms with van der Waals surface area (Å²) >= 11 is 0. The van der Waals surface area contributed by atoms with Crippen molar-refractivity contribution in [3.8, 4) is 0 Å². The highest BCUT2D eigenvalue weighted by atomic mass is 16.5. The van der Waals surface area contributed by atoms with Gasteiger partial charge in [-0.25, -0.2) is 9.59 Å². The van der Waals surface area contributed by atoms with Crippen LogP contribution < -0.4 is 0 Å². The van der Waals surface area contributed by atoms with Gasteiger partial charge in [0.1, 0.15) is 0 Å². The van der Waals surface area contributed by atoms with E-state index < -0.39 is 5.97 Å². The highest BCUT2D eigenvalue weighted by molar-refractivity contribution is 5.87. The summed E-state index contributed by atoms with van der Waals surface area (Å²) < 4.78 is 4.53. The maximum atomic E-state index is 10.9. The van der Waals surface area contributed by atoms with Gasteiger partial charge in [-0.15, -0.1) is 0 Å². The Kier molecular flexibility index (Phi) is 5.57. The van der Waals surface area contributed by atoms with E-state index >= 15 is 0 Å². The van der Waals surface area contributed by atoms with Gasteiger partial charge in [0, 0.05) is 5.57 Å². The van der Waals surface area contributed by atoms with Crippen LogP contribution in [0.2, 0.25) is 0 Å². The van der Waals surface area contributed by atoms with Crippen LogP contribution in [0.5, 0.6) is 0 Å². The summed E-state index contributed by atoms with van der Waals surface area (Å²) in [6.07, 6.45) is 2.70. The topological polar surface area (TPSA) is 55.7 Å². The van der Waals surface area contributed by atoms with Gasteiger partial charge in [0.2, 0.25) is 6.08 Å². The normalized spacial score (nSPS) is 8.42. The van der Waals surface area contributed by atoms with E-state index in [9.17, 15) is 9.59 Å². The lowest BCUT2D eigenvalue weighted by Crippen LogP contribution is -2.06. The minimum absolute atomic E-state index is 0.273. The van der Waals surface area contributed by atoms with E-state index in [0.29, 0.717) is 12.0 Å². The van der Waals surface area contributed by atoms with Crippen molar-refractivity contribution < 1.29 is 14.3 Å². The molecule has 0 heterocycles. The Labute approximate surface area is 70.9 Å². The van der Waals surface area contributed by atoms with Crippen molar-refractivity contribution >= 4 is 12.0 Å². The first-order valence-corrected chi connectivity index (χ1v) is 3.61. The van der Waals surface area contributed by atoms with Crippen molar-refractivity contribution in [2.75, 3.05) is 6.73 Å². The monoisotopic (exact) mass is 169 g/mol. The predicted octanol–water partition coefficient (Wildman–Crippen LogP) is 1.18. The van der Waals surface area contributed by atoms with Crippen molar-refractivity contribution in [1.29, 1.82) is 0 Å². The molecule has 0 unspecified atom stereocenters. The van der Waals surface area contributed by atoms with Gasteiger partial charge in [0.15, 0.2) is 6.73 Å². The summed E-state index contributed by atoms with van der Waals surface area (Å²) in [5.74, 6) is -0.504. The first-order chi connectivity index (χ1) is 5.72. The number of ether oxygens (including phenoxy) is 1. The van der Waals surface area contributed by atoms with Crippen LogP contribution in [0.25, 0.3) is 0 Å². The Bertz CT molecular complexity index is 216. The molecule has 0 N–H and O–H groups in total. The lowest BCUT2D eigenvalue weighted by Gasteiger charge is -2.01. The molecule has 0 aromatic rings. The fourth-order valence-corrected chi connectivity index (χ4v) is 0.623. The third-order valence-corrected chi connectivity index (χ3v) is 1.17. The van der Waals surface area contributed by atoms with E-state index in [0.717, 1.165) is 6.42 Å². The van der Waals surface area contributed by atoms with Gasteiger partial charge in [0.25, 0.3) is 0 Å². The fraction of sp³-hybridized carbons (Fsp3) is 0.500. The Balaban J connectivity index is 3.71. The molecule has 0 saturated carbocycles. The van der Waals surface area contributed by atoms with Crippen molar-refractivity contribution in [3.05, 3.63) is 12.2 Å². The van der Waals surface area contributed by atoms with E-state index in [2.05, 4.69) is 16.3 Å². The summed E-state index contributed by atoms with van der Waals surface area (Å²) in [5.41, 5.74) is 0.401. The molecule has 0 amide bonds. The summed E-state index contributed by atoms with van der Waals surface area (Å²) in [6, 6.07) is 0. The second kappa shape index (κ2) is 6.31. The van der Waals surface area contributed by atoms with Crippen LogP contribution in [-0.4, -0.2) is 18.8 Å². The van der Waals surface area contributed by atoms with E-state index in [1.165, 1.54) is 6.08 Å². The first kappa shape index (κ1) is 10.6. The van der Waals surface area contributed by atoms with Gasteiger partial charge in [-0.1, -0.05) is 19.9 Å². The Morgan fingerprint density at radius 3 is 2.83 bits per heavy atom. The van der Waals surface area contributed by atoms with Crippen LogP contribution in [0, 0.1) is 0 Å². The number of hydrogen-bond acceptors (Lipinski definition) is 4. The number of isocyanates is 1. The summed E-state index contributed by atoms with van der Waals surface area (Å²) in [6.45, 7) is 5.17. The molecular formula is C8H11NO3. The Morgan fingerprint density at radius 2 is 2.33 bits per heavy atom. The number of nitrogens with zero attached hydrogens (tertiary/aromatic N) is 1. The largest absolute Gasteiger partial charge is 0.438 e. The highest BCUT2D eigenvalue weighted by Gasteiger charge is 2.05. The SMILES string of the molecule is C=C(CCC)C(=O)OCN=C=O. The zero-order chi connectivity index (χ0) is 9.40. The average molecular weight is 169 g/mol. The van der Waals surface area contributed by atoms with Crippen LogP contribution in [0.15, 0.2) is 17.1 Å². The molecule has 66 valence electrons. The number of carbonyl (C=O) groups excluding carboxylic acids is 2. The van der Waals surface area contributed by atoms with Crippen LogP contribution in [0.4, 0.5) is 0 Å².